The highest BCUT2D eigenvalue weighted by Crippen LogP contribution is 2.44. The molecule has 25 heavy (non-hydrogen) atoms. The van der Waals surface area contributed by atoms with Crippen molar-refractivity contribution in [2.75, 3.05) is 0 Å². The van der Waals surface area contributed by atoms with Crippen molar-refractivity contribution in [3.63, 3.8) is 0 Å². The molecular formula is C19H17F2NO2S. The molecule has 0 amide bonds. The molecule has 1 unspecified atom stereocenters. The molecule has 4 rings (SSSR count). The van der Waals surface area contributed by atoms with Gasteiger partial charge in [0.15, 0.2) is 5.83 Å². The van der Waals surface area contributed by atoms with Crippen molar-refractivity contribution in [2.45, 2.75) is 23.8 Å². The molecule has 0 spiro atoms. The molecule has 3 nitrogen and oxygen atoms in total. The van der Waals surface area contributed by atoms with Gasteiger partial charge in [0.1, 0.15) is 5.83 Å². The molecule has 2 aliphatic carbocycles. The minimum absolute atomic E-state index is 0.00119. The fraction of sp³-hybridized carbons (Fsp3) is 0.263. The van der Waals surface area contributed by atoms with Crippen LogP contribution in [0, 0.1) is 11.8 Å². The Morgan fingerprint density at radius 3 is 2.56 bits per heavy atom. The van der Waals surface area contributed by atoms with Gasteiger partial charge < -0.3 is 0 Å². The van der Waals surface area contributed by atoms with E-state index >= 15 is 0 Å². The van der Waals surface area contributed by atoms with Gasteiger partial charge in [0.05, 0.1) is 4.90 Å². The van der Waals surface area contributed by atoms with E-state index in [9.17, 15) is 17.2 Å². The van der Waals surface area contributed by atoms with E-state index < -0.39 is 21.7 Å². The number of hydrogen-bond acceptors (Lipinski definition) is 2. The third-order valence-electron chi connectivity index (χ3n) is 4.89. The molecule has 1 fully saturated rings. The Labute approximate surface area is 145 Å². The summed E-state index contributed by atoms with van der Waals surface area (Å²) in [5.74, 6) is -1.74. The molecular weight excluding hydrogens is 344 g/mol. The number of rotatable bonds is 4. The Bertz CT molecular complexity index is 997. The standard InChI is InChI=1S/C19H17F2NO2S/c20-17-8-6-14(10-18(17)21)16-11-19(16)22-25(23,24)15-7-5-12-3-1-2-4-13(12)9-15/h1-9,14,16,19,22H,10-11H2/t14?,16-,19+/m0/s1. The summed E-state index contributed by atoms with van der Waals surface area (Å²) in [4.78, 5) is 0.216. The molecule has 0 saturated heterocycles. The number of fused-ring (bicyclic) bond motifs is 1. The van der Waals surface area contributed by atoms with Crippen LogP contribution in [-0.4, -0.2) is 14.5 Å². The van der Waals surface area contributed by atoms with Gasteiger partial charge in [-0.05, 0) is 47.2 Å². The highest BCUT2D eigenvalue weighted by Gasteiger charge is 2.45. The topological polar surface area (TPSA) is 46.2 Å². The van der Waals surface area contributed by atoms with Crippen LogP contribution in [0.25, 0.3) is 10.8 Å². The van der Waals surface area contributed by atoms with Gasteiger partial charge in [-0.15, -0.1) is 0 Å². The first kappa shape index (κ1) is 16.4. The fourth-order valence-corrected chi connectivity index (χ4v) is 4.73. The highest BCUT2D eigenvalue weighted by molar-refractivity contribution is 7.89. The average Bonchev–Trinajstić information content (AvgIpc) is 3.35. The van der Waals surface area contributed by atoms with Crippen LogP contribution in [0.4, 0.5) is 8.78 Å². The lowest BCUT2D eigenvalue weighted by atomic mass is 9.94. The summed E-state index contributed by atoms with van der Waals surface area (Å²) in [6, 6.07) is 12.3. The van der Waals surface area contributed by atoms with Gasteiger partial charge >= 0.3 is 0 Å². The predicted octanol–water partition coefficient (Wildman–Crippen LogP) is 4.23. The van der Waals surface area contributed by atoms with E-state index in [0.29, 0.717) is 6.42 Å². The molecule has 1 N–H and O–H groups in total. The molecule has 0 heterocycles. The molecule has 0 bridgehead atoms. The molecule has 0 aromatic heterocycles. The van der Waals surface area contributed by atoms with Gasteiger partial charge in [-0.2, -0.15) is 0 Å². The van der Waals surface area contributed by atoms with E-state index in [1.165, 1.54) is 0 Å². The van der Waals surface area contributed by atoms with Crippen LogP contribution in [0.15, 0.2) is 71.2 Å². The van der Waals surface area contributed by atoms with Gasteiger partial charge in [-0.25, -0.2) is 21.9 Å². The van der Waals surface area contributed by atoms with Crippen molar-refractivity contribution >= 4 is 20.8 Å². The zero-order chi connectivity index (χ0) is 17.6. The molecule has 6 heteroatoms. The third-order valence-corrected chi connectivity index (χ3v) is 6.38. The van der Waals surface area contributed by atoms with Crippen molar-refractivity contribution in [1.82, 2.24) is 4.72 Å². The van der Waals surface area contributed by atoms with Gasteiger partial charge in [0, 0.05) is 12.5 Å². The summed E-state index contributed by atoms with van der Waals surface area (Å²) < 4.78 is 54.4. The number of hydrogen-bond donors (Lipinski definition) is 1. The molecule has 3 atom stereocenters. The molecule has 2 aliphatic rings. The lowest BCUT2D eigenvalue weighted by molar-refractivity contribution is 0.434. The second-order valence-electron chi connectivity index (χ2n) is 6.62. The van der Waals surface area contributed by atoms with Crippen molar-refractivity contribution < 1.29 is 17.2 Å². The van der Waals surface area contributed by atoms with Gasteiger partial charge in [-0.1, -0.05) is 36.4 Å². The van der Waals surface area contributed by atoms with Crippen LogP contribution >= 0.6 is 0 Å². The number of nitrogens with one attached hydrogen (secondary N) is 1. The first-order chi connectivity index (χ1) is 11.9. The number of benzene rings is 2. The van der Waals surface area contributed by atoms with Gasteiger partial charge in [0.2, 0.25) is 10.0 Å². The Balaban J connectivity index is 1.48. The summed E-state index contributed by atoms with van der Waals surface area (Å²) in [6.45, 7) is 0. The summed E-state index contributed by atoms with van der Waals surface area (Å²) in [5.41, 5.74) is 0. The van der Waals surface area contributed by atoms with Crippen LogP contribution in [-0.2, 0) is 10.0 Å². The van der Waals surface area contributed by atoms with Crippen LogP contribution in [0.1, 0.15) is 12.8 Å². The second-order valence-corrected chi connectivity index (χ2v) is 8.33. The smallest absolute Gasteiger partial charge is 0.209 e. The molecule has 0 radical (unpaired) electrons. The summed E-state index contributed by atoms with van der Waals surface area (Å²) in [7, 11) is -3.64. The van der Waals surface area contributed by atoms with Crippen LogP contribution in [0.5, 0.6) is 0 Å². The SMILES string of the molecule is O=S(=O)(N[C@@H]1C[C@H]1C1C=CC(F)=C(F)C1)c1ccc2ccccc2c1. The molecule has 2 aromatic carbocycles. The number of allylic oxidation sites excluding steroid dienone is 4. The zero-order valence-corrected chi connectivity index (χ0v) is 14.1. The monoisotopic (exact) mass is 361 g/mol. The summed E-state index contributed by atoms with van der Waals surface area (Å²) in [5, 5.41) is 1.83. The lowest BCUT2D eigenvalue weighted by Crippen LogP contribution is -2.28. The third kappa shape index (κ3) is 3.24. The summed E-state index contributed by atoms with van der Waals surface area (Å²) in [6.07, 6.45) is 3.40. The predicted molar refractivity (Wildman–Crippen MR) is 92.7 cm³/mol. The minimum Gasteiger partial charge on any atom is -0.209 e. The molecule has 130 valence electrons. The largest absolute Gasteiger partial charge is 0.240 e. The maximum Gasteiger partial charge on any atom is 0.240 e. The van der Waals surface area contributed by atoms with Crippen molar-refractivity contribution in [1.29, 1.82) is 0 Å². The zero-order valence-electron chi connectivity index (χ0n) is 13.3. The molecule has 1 saturated carbocycles. The fourth-order valence-electron chi connectivity index (χ4n) is 3.39. The lowest BCUT2D eigenvalue weighted by Gasteiger charge is -2.15. The first-order valence-corrected chi connectivity index (χ1v) is 9.66. The minimum atomic E-state index is -3.64. The Morgan fingerprint density at radius 2 is 1.80 bits per heavy atom. The van der Waals surface area contributed by atoms with E-state index in [1.54, 1.807) is 24.3 Å². The quantitative estimate of drug-likeness (QED) is 0.886. The number of halogens is 2. The second kappa shape index (κ2) is 6.04. The highest BCUT2D eigenvalue weighted by atomic mass is 32.2. The van der Waals surface area contributed by atoms with Gasteiger partial charge in [-0.3, -0.25) is 0 Å². The van der Waals surface area contributed by atoms with Crippen LogP contribution in [0.2, 0.25) is 0 Å². The maximum absolute atomic E-state index is 13.4. The Hall–Kier alpha value is -2.05. The number of sulfonamides is 1. The van der Waals surface area contributed by atoms with E-state index in [1.807, 2.05) is 24.3 Å². The molecule has 0 aliphatic heterocycles. The van der Waals surface area contributed by atoms with Crippen molar-refractivity contribution in [3.8, 4) is 0 Å². The Kier molecular flexibility index (Phi) is 3.96. The summed E-state index contributed by atoms with van der Waals surface area (Å²) >= 11 is 0. The van der Waals surface area contributed by atoms with E-state index in [4.69, 9.17) is 0 Å². The van der Waals surface area contributed by atoms with E-state index in [2.05, 4.69) is 4.72 Å². The Morgan fingerprint density at radius 1 is 1.04 bits per heavy atom. The molecule has 2 aromatic rings. The van der Waals surface area contributed by atoms with Crippen LogP contribution < -0.4 is 4.72 Å². The van der Waals surface area contributed by atoms with Crippen molar-refractivity contribution in [3.05, 3.63) is 66.3 Å². The van der Waals surface area contributed by atoms with E-state index in [0.717, 1.165) is 16.8 Å². The normalized spacial score (nSPS) is 26.2. The van der Waals surface area contributed by atoms with Crippen molar-refractivity contribution in [2.24, 2.45) is 11.8 Å². The maximum atomic E-state index is 13.4. The van der Waals surface area contributed by atoms with Crippen LogP contribution in [0.3, 0.4) is 0 Å². The van der Waals surface area contributed by atoms with E-state index in [-0.39, 0.29) is 29.2 Å². The van der Waals surface area contributed by atoms with Gasteiger partial charge in [0.25, 0.3) is 0 Å². The first-order valence-electron chi connectivity index (χ1n) is 8.17. The average molecular weight is 361 g/mol.